The predicted octanol–water partition coefficient (Wildman–Crippen LogP) is 1.50. The molecule has 1 aromatic heterocycles. The van der Waals surface area contributed by atoms with Crippen molar-refractivity contribution in [3.05, 3.63) is 23.5 Å². The first-order valence-electron chi connectivity index (χ1n) is 6.48. The van der Waals surface area contributed by atoms with Gasteiger partial charge in [0.25, 0.3) is 5.91 Å². The number of nitrogens with zero attached hydrogens (tertiary/aromatic N) is 3. The van der Waals surface area contributed by atoms with Gasteiger partial charge in [0.15, 0.2) is 0 Å². The molecule has 2 amide bonds. The van der Waals surface area contributed by atoms with E-state index in [0.29, 0.717) is 29.9 Å². The van der Waals surface area contributed by atoms with Crippen LogP contribution in [-0.4, -0.2) is 52.4 Å². The molecule has 0 saturated carbocycles. The average Bonchev–Trinajstić information content (AvgIpc) is 2.79. The molecule has 1 fully saturated rings. The molecule has 20 heavy (non-hydrogen) atoms. The molecule has 1 saturated heterocycles. The van der Waals surface area contributed by atoms with E-state index in [1.54, 1.807) is 4.90 Å². The minimum atomic E-state index is -2.77. The number of carbonyl (C=O) groups excluding carboxylic acids is 2. The molecule has 1 aliphatic rings. The van der Waals surface area contributed by atoms with Crippen molar-refractivity contribution < 1.29 is 18.4 Å². The van der Waals surface area contributed by atoms with Crippen LogP contribution >= 0.6 is 0 Å². The molecule has 0 unspecified atom stereocenters. The van der Waals surface area contributed by atoms with Crippen molar-refractivity contribution in [3.63, 3.8) is 0 Å². The Morgan fingerprint density at radius 2 is 2.05 bits per heavy atom. The highest BCUT2D eigenvalue weighted by atomic mass is 19.3. The molecule has 0 aromatic carbocycles. The van der Waals surface area contributed by atoms with Crippen LogP contribution in [0.4, 0.5) is 8.78 Å². The van der Waals surface area contributed by atoms with Gasteiger partial charge in [-0.25, -0.2) is 0 Å². The summed E-state index contributed by atoms with van der Waals surface area (Å²) in [6.45, 7) is 1.95. The predicted molar refractivity (Wildman–Crippen MR) is 68.6 cm³/mol. The van der Waals surface area contributed by atoms with Crippen molar-refractivity contribution in [2.45, 2.75) is 20.4 Å². The fourth-order valence-electron chi connectivity index (χ4n) is 2.36. The minimum absolute atomic E-state index is 0.0554. The Hall–Kier alpha value is -1.92. The average molecular weight is 285 g/mol. The molecular formula is C13H17F2N3O2. The number of hydrogen-bond donors (Lipinski definition) is 0. The van der Waals surface area contributed by atoms with E-state index in [1.165, 1.54) is 24.0 Å². The zero-order valence-electron chi connectivity index (χ0n) is 11.5. The molecule has 0 radical (unpaired) electrons. The second-order valence-corrected chi connectivity index (χ2v) is 4.71. The summed E-state index contributed by atoms with van der Waals surface area (Å²) in [4.78, 5) is 27.0. The lowest BCUT2D eigenvalue weighted by Crippen LogP contribution is -2.52. The van der Waals surface area contributed by atoms with Gasteiger partial charge in [-0.15, -0.1) is 0 Å². The van der Waals surface area contributed by atoms with Crippen LogP contribution in [0.2, 0.25) is 0 Å². The number of alkyl halides is 2. The Morgan fingerprint density at radius 1 is 1.35 bits per heavy atom. The van der Waals surface area contributed by atoms with Crippen LogP contribution in [0.3, 0.4) is 0 Å². The van der Waals surface area contributed by atoms with Crippen molar-refractivity contribution in [3.8, 4) is 0 Å². The zero-order chi connectivity index (χ0) is 14.9. The molecule has 1 aromatic rings. The SMILES string of the molecule is CCN1CCN(C(=O)c2ccc(C)n2C(F)F)CC1=O. The van der Waals surface area contributed by atoms with Crippen LogP contribution in [0, 0.1) is 6.92 Å². The van der Waals surface area contributed by atoms with Gasteiger partial charge >= 0.3 is 6.55 Å². The maximum Gasteiger partial charge on any atom is 0.319 e. The van der Waals surface area contributed by atoms with E-state index >= 15 is 0 Å². The molecule has 0 N–H and O–H groups in total. The molecule has 0 spiro atoms. The Labute approximate surface area is 115 Å². The topological polar surface area (TPSA) is 45.5 Å². The molecule has 1 aliphatic heterocycles. The Balaban J connectivity index is 2.19. The Kier molecular flexibility index (Phi) is 4.06. The van der Waals surface area contributed by atoms with E-state index in [2.05, 4.69) is 0 Å². The third kappa shape index (κ3) is 2.52. The summed E-state index contributed by atoms with van der Waals surface area (Å²) in [7, 11) is 0. The van der Waals surface area contributed by atoms with E-state index in [4.69, 9.17) is 0 Å². The van der Waals surface area contributed by atoms with E-state index in [9.17, 15) is 18.4 Å². The number of amides is 2. The lowest BCUT2D eigenvalue weighted by atomic mass is 10.2. The molecule has 110 valence electrons. The van der Waals surface area contributed by atoms with Crippen LogP contribution < -0.4 is 0 Å². The lowest BCUT2D eigenvalue weighted by molar-refractivity contribution is -0.134. The lowest BCUT2D eigenvalue weighted by Gasteiger charge is -2.33. The largest absolute Gasteiger partial charge is 0.340 e. The van der Waals surface area contributed by atoms with Gasteiger partial charge in [0, 0.05) is 25.3 Å². The zero-order valence-corrected chi connectivity index (χ0v) is 11.5. The number of halogens is 2. The second kappa shape index (κ2) is 5.60. The number of piperazine rings is 1. The van der Waals surface area contributed by atoms with Gasteiger partial charge in [0.1, 0.15) is 12.2 Å². The molecule has 2 rings (SSSR count). The van der Waals surface area contributed by atoms with E-state index in [1.807, 2.05) is 6.92 Å². The number of aryl methyl sites for hydroxylation is 1. The van der Waals surface area contributed by atoms with Crippen molar-refractivity contribution >= 4 is 11.8 Å². The van der Waals surface area contributed by atoms with E-state index in [0.717, 1.165) is 0 Å². The van der Waals surface area contributed by atoms with Crippen LogP contribution in [0.5, 0.6) is 0 Å². The minimum Gasteiger partial charge on any atom is -0.340 e. The number of likely N-dealkylation sites (N-methyl/N-ethyl adjacent to an activating group) is 1. The fourth-order valence-corrected chi connectivity index (χ4v) is 2.36. The first-order chi connectivity index (χ1) is 9.45. The maximum atomic E-state index is 13.0. The summed E-state index contributed by atoms with van der Waals surface area (Å²) in [6, 6.07) is 2.85. The first-order valence-corrected chi connectivity index (χ1v) is 6.48. The Bertz CT molecular complexity index is 528. The summed E-state index contributed by atoms with van der Waals surface area (Å²) in [5.41, 5.74) is 0.247. The second-order valence-electron chi connectivity index (χ2n) is 4.71. The third-order valence-electron chi connectivity index (χ3n) is 3.52. The van der Waals surface area contributed by atoms with Crippen LogP contribution in [0.15, 0.2) is 12.1 Å². The summed E-state index contributed by atoms with van der Waals surface area (Å²) in [6.07, 6.45) is 0. The van der Waals surface area contributed by atoms with Gasteiger partial charge in [-0.2, -0.15) is 8.78 Å². The van der Waals surface area contributed by atoms with E-state index in [-0.39, 0.29) is 18.1 Å². The smallest absolute Gasteiger partial charge is 0.319 e. The molecule has 0 aliphatic carbocycles. The fraction of sp³-hybridized carbons (Fsp3) is 0.538. The molecule has 2 heterocycles. The number of carbonyl (C=O) groups is 2. The van der Waals surface area contributed by atoms with Crippen molar-refractivity contribution in [2.75, 3.05) is 26.2 Å². The van der Waals surface area contributed by atoms with Crippen LogP contribution in [0.1, 0.15) is 29.7 Å². The molecular weight excluding hydrogens is 268 g/mol. The highest BCUT2D eigenvalue weighted by molar-refractivity contribution is 5.96. The summed E-state index contributed by atoms with van der Waals surface area (Å²) in [5.74, 6) is -0.679. The maximum absolute atomic E-state index is 13.0. The normalized spacial score (nSPS) is 16.1. The standard InChI is InChI=1S/C13H17F2N3O2/c1-3-16-6-7-17(8-11(16)19)12(20)10-5-4-9(2)18(10)13(14)15/h4-5,13H,3,6-8H2,1-2H3. The quantitative estimate of drug-likeness (QED) is 0.845. The van der Waals surface area contributed by atoms with Gasteiger partial charge in [-0.3, -0.25) is 14.2 Å². The highest BCUT2D eigenvalue weighted by Crippen LogP contribution is 2.20. The van der Waals surface area contributed by atoms with Crippen LogP contribution in [-0.2, 0) is 4.79 Å². The van der Waals surface area contributed by atoms with Crippen molar-refractivity contribution in [1.82, 2.24) is 14.4 Å². The third-order valence-corrected chi connectivity index (χ3v) is 3.52. The van der Waals surface area contributed by atoms with Gasteiger partial charge in [-0.1, -0.05) is 0 Å². The Morgan fingerprint density at radius 3 is 2.60 bits per heavy atom. The van der Waals surface area contributed by atoms with Gasteiger partial charge in [0.05, 0.1) is 0 Å². The highest BCUT2D eigenvalue weighted by Gasteiger charge is 2.29. The molecule has 5 nitrogen and oxygen atoms in total. The summed E-state index contributed by atoms with van der Waals surface area (Å²) >= 11 is 0. The van der Waals surface area contributed by atoms with Gasteiger partial charge in [-0.05, 0) is 26.0 Å². The monoisotopic (exact) mass is 285 g/mol. The van der Waals surface area contributed by atoms with Crippen LogP contribution in [0.25, 0.3) is 0 Å². The summed E-state index contributed by atoms with van der Waals surface area (Å²) < 4.78 is 26.6. The van der Waals surface area contributed by atoms with E-state index < -0.39 is 12.5 Å². The number of hydrogen-bond acceptors (Lipinski definition) is 2. The first kappa shape index (κ1) is 14.5. The van der Waals surface area contributed by atoms with Gasteiger partial charge in [0.2, 0.25) is 5.91 Å². The number of aromatic nitrogens is 1. The van der Waals surface area contributed by atoms with Crippen molar-refractivity contribution in [1.29, 1.82) is 0 Å². The molecule has 0 bridgehead atoms. The van der Waals surface area contributed by atoms with Crippen molar-refractivity contribution in [2.24, 2.45) is 0 Å². The van der Waals surface area contributed by atoms with Gasteiger partial charge < -0.3 is 9.80 Å². The molecule has 7 heteroatoms. The molecule has 0 atom stereocenters. The number of rotatable bonds is 3. The summed E-state index contributed by atoms with van der Waals surface area (Å²) in [5, 5.41) is 0.